The Bertz CT molecular complexity index is 751. The molecule has 0 unspecified atom stereocenters. The van der Waals surface area contributed by atoms with Crippen LogP contribution in [-0.2, 0) is 22.5 Å². The van der Waals surface area contributed by atoms with E-state index in [1.165, 1.54) is 12.4 Å². The predicted octanol–water partition coefficient (Wildman–Crippen LogP) is 1.45. The molecule has 3 rings (SSSR count). The summed E-state index contributed by atoms with van der Waals surface area (Å²) in [5.41, 5.74) is 0.806. The number of hydrogen-bond donors (Lipinski definition) is 1. The summed E-state index contributed by atoms with van der Waals surface area (Å²) in [7, 11) is 0. The zero-order chi connectivity index (χ0) is 17.6. The number of benzene rings is 1. The highest BCUT2D eigenvalue weighted by atomic mass is 19.1. The van der Waals surface area contributed by atoms with E-state index in [-0.39, 0.29) is 24.4 Å². The Morgan fingerprint density at radius 1 is 1.20 bits per heavy atom. The van der Waals surface area contributed by atoms with Crippen molar-refractivity contribution in [1.82, 2.24) is 15.3 Å². The van der Waals surface area contributed by atoms with E-state index < -0.39 is 11.6 Å². The highest BCUT2D eigenvalue weighted by Crippen LogP contribution is 2.13. The molecule has 1 saturated heterocycles. The first-order chi connectivity index (χ1) is 12.1. The highest BCUT2D eigenvalue weighted by Gasteiger charge is 2.14. The molecule has 25 heavy (non-hydrogen) atoms. The van der Waals surface area contributed by atoms with Crippen LogP contribution in [0.15, 0.2) is 30.6 Å². The average Bonchev–Trinajstić information content (AvgIpc) is 2.63. The third-order valence-corrected chi connectivity index (χ3v) is 3.88. The summed E-state index contributed by atoms with van der Waals surface area (Å²) in [6.07, 6.45) is 1.29. The largest absolute Gasteiger partial charge is 0.378 e. The zero-order valence-corrected chi connectivity index (χ0v) is 13.5. The normalized spacial score (nSPS) is 14.4. The first-order valence-corrected chi connectivity index (χ1v) is 7.96. The Hall–Kier alpha value is -2.61. The number of ether oxygens (including phenoxy) is 1. The van der Waals surface area contributed by atoms with Crippen molar-refractivity contribution >= 4 is 11.7 Å². The molecule has 2 aromatic rings. The number of halogens is 2. The van der Waals surface area contributed by atoms with Gasteiger partial charge in [-0.1, -0.05) is 6.07 Å². The van der Waals surface area contributed by atoms with Gasteiger partial charge in [0.15, 0.2) is 0 Å². The third-order valence-electron chi connectivity index (χ3n) is 3.88. The topological polar surface area (TPSA) is 67.4 Å². The number of hydrogen-bond acceptors (Lipinski definition) is 5. The summed E-state index contributed by atoms with van der Waals surface area (Å²) < 4.78 is 31.8. The molecule has 1 aromatic carbocycles. The van der Waals surface area contributed by atoms with Gasteiger partial charge in [-0.05, 0) is 11.6 Å². The number of amides is 1. The van der Waals surface area contributed by atoms with Crippen molar-refractivity contribution in [1.29, 1.82) is 0 Å². The number of carbonyl (C=O) groups is 1. The lowest BCUT2D eigenvalue weighted by molar-refractivity contribution is -0.120. The molecule has 0 bridgehead atoms. The van der Waals surface area contributed by atoms with E-state index in [0.717, 1.165) is 31.0 Å². The SMILES string of the molecule is O=C(Cc1ccc(F)cc1F)NCc1cc(N2CCOCC2)ncn1. The Morgan fingerprint density at radius 3 is 2.76 bits per heavy atom. The van der Waals surface area contributed by atoms with Crippen LogP contribution in [-0.4, -0.2) is 42.2 Å². The fourth-order valence-electron chi connectivity index (χ4n) is 2.54. The summed E-state index contributed by atoms with van der Waals surface area (Å²) in [6.45, 7) is 3.03. The Kier molecular flexibility index (Phi) is 5.49. The smallest absolute Gasteiger partial charge is 0.224 e. The number of anilines is 1. The maximum Gasteiger partial charge on any atom is 0.224 e. The van der Waals surface area contributed by atoms with Gasteiger partial charge in [0, 0.05) is 25.2 Å². The van der Waals surface area contributed by atoms with E-state index in [1.807, 2.05) is 6.07 Å². The van der Waals surface area contributed by atoms with Crippen LogP contribution in [0.2, 0.25) is 0 Å². The van der Waals surface area contributed by atoms with Crippen LogP contribution in [0.25, 0.3) is 0 Å². The van der Waals surface area contributed by atoms with Crippen LogP contribution >= 0.6 is 0 Å². The summed E-state index contributed by atoms with van der Waals surface area (Å²) in [6, 6.07) is 4.97. The van der Waals surface area contributed by atoms with Gasteiger partial charge in [-0.3, -0.25) is 4.79 Å². The van der Waals surface area contributed by atoms with Gasteiger partial charge in [-0.25, -0.2) is 18.7 Å². The molecular weight excluding hydrogens is 330 g/mol. The molecule has 0 saturated carbocycles. The minimum absolute atomic E-state index is 0.149. The molecule has 1 aromatic heterocycles. The number of morpholine rings is 1. The molecule has 1 aliphatic heterocycles. The maximum absolute atomic E-state index is 13.6. The Labute approximate surface area is 143 Å². The lowest BCUT2D eigenvalue weighted by atomic mass is 10.1. The third kappa shape index (κ3) is 4.69. The van der Waals surface area contributed by atoms with E-state index in [1.54, 1.807) is 0 Å². The van der Waals surface area contributed by atoms with Gasteiger partial charge in [0.25, 0.3) is 0 Å². The molecule has 1 amide bonds. The summed E-state index contributed by atoms with van der Waals surface area (Å²) in [5.74, 6) is -0.978. The van der Waals surface area contributed by atoms with Crippen molar-refractivity contribution in [2.45, 2.75) is 13.0 Å². The van der Waals surface area contributed by atoms with Crippen LogP contribution in [0.4, 0.5) is 14.6 Å². The molecule has 1 N–H and O–H groups in total. The molecule has 132 valence electrons. The van der Waals surface area contributed by atoms with Gasteiger partial charge in [0.05, 0.1) is 31.9 Å². The molecule has 1 aliphatic rings. The van der Waals surface area contributed by atoms with Crippen LogP contribution in [0.1, 0.15) is 11.3 Å². The maximum atomic E-state index is 13.6. The van der Waals surface area contributed by atoms with Gasteiger partial charge >= 0.3 is 0 Å². The number of rotatable bonds is 5. The fraction of sp³-hybridized carbons (Fsp3) is 0.353. The minimum Gasteiger partial charge on any atom is -0.378 e. The molecule has 1 fully saturated rings. The molecule has 6 nitrogen and oxygen atoms in total. The van der Waals surface area contributed by atoms with Crippen molar-refractivity contribution in [3.8, 4) is 0 Å². The lowest BCUT2D eigenvalue weighted by Crippen LogP contribution is -2.37. The standard InChI is InChI=1S/C17H18F2N4O2/c18-13-2-1-12(15(19)8-13)7-17(24)20-10-14-9-16(22-11-21-14)23-3-5-25-6-4-23/h1-2,8-9,11H,3-7,10H2,(H,20,24). The van der Waals surface area contributed by atoms with Crippen LogP contribution in [0.3, 0.4) is 0 Å². The van der Waals surface area contributed by atoms with Crippen molar-refractivity contribution in [3.63, 3.8) is 0 Å². The predicted molar refractivity (Wildman–Crippen MR) is 87.0 cm³/mol. The van der Waals surface area contributed by atoms with E-state index in [2.05, 4.69) is 20.2 Å². The first-order valence-electron chi connectivity index (χ1n) is 7.96. The monoisotopic (exact) mass is 348 g/mol. The van der Waals surface area contributed by atoms with Crippen molar-refractivity contribution in [2.24, 2.45) is 0 Å². The van der Waals surface area contributed by atoms with E-state index in [9.17, 15) is 13.6 Å². The quantitative estimate of drug-likeness (QED) is 0.886. The van der Waals surface area contributed by atoms with E-state index in [0.29, 0.717) is 18.9 Å². The lowest BCUT2D eigenvalue weighted by Gasteiger charge is -2.27. The highest BCUT2D eigenvalue weighted by molar-refractivity contribution is 5.78. The number of aromatic nitrogens is 2. The van der Waals surface area contributed by atoms with Crippen LogP contribution < -0.4 is 10.2 Å². The molecule has 0 spiro atoms. The van der Waals surface area contributed by atoms with Crippen molar-refractivity contribution < 1.29 is 18.3 Å². The van der Waals surface area contributed by atoms with Gasteiger partial charge in [0.2, 0.25) is 5.91 Å². The van der Waals surface area contributed by atoms with Crippen LogP contribution in [0, 0.1) is 11.6 Å². The van der Waals surface area contributed by atoms with Gasteiger partial charge in [-0.2, -0.15) is 0 Å². The summed E-state index contributed by atoms with van der Waals surface area (Å²) in [5, 5.41) is 2.69. The molecule has 0 radical (unpaired) electrons. The van der Waals surface area contributed by atoms with Crippen molar-refractivity contribution in [2.75, 3.05) is 31.2 Å². The second-order valence-electron chi connectivity index (χ2n) is 5.66. The van der Waals surface area contributed by atoms with E-state index >= 15 is 0 Å². The first kappa shape index (κ1) is 17.2. The van der Waals surface area contributed by atoms with Gasteiger partial charge in [0.1, 0.15) is 23.8 Å². The molecule has 8 heteroatoms. The fourth-order valence-corrected chi connectivity index (χ4v) is 2.54. The Morgan fingerprint density at radius 2 is 2.00 bits per heavy atom. The average molecular weight is 348 g/mol. The summed E-state index contributed by atoms with van der Waals surface area (Å²) in [4.78, 5) is 22.4. The molecule has 0 atom stereocenters. The number of carbonyl (C=O) groups excluding carboxylic acids is 1. The molecular formula is C17H18F2N4O2. The Balaban J connectivity index is 1.56. The second kappa shape index (κ2) is 7.98. The molecule has 0 aliphatic carbocycles. The zero-order valence-electron chi connectivity index (χ0n) is 13.5. The van der Waals surface area contributed by atoms with Gasteiger partial charge in [-0.15, -0.1) is 0 Å². The molecule has 2 heterocycles. The van der Waals surface area contributed by atoms with E-state index in [4.69, 9.17) is 4.74 Å². The summed E-state index contributed by atoms with van der Waals surface area (Å²) >= 11 is 0. The van der Waals surface area contributed by atoms with Gasteiger partial charge < -0.3 is 15.0 Å². The number of nitrogens with one attached hydrogen (secondary N) is 1. The minimum atomic E-state index is -0.730. The van der Waals surface area contributed by atoms with Crippen molar-refractivity contribution in [3.05, 3.63) is 53.5 Å². The second-order valence-corrected chi connectivity index (χ2v) is 5.66. The van der Waals surface area contributed by atoms with Crippen LogP contribution in [0.5, 0.6) is 0 Å². The number of nitrogens with zero attached hydrogens (tertiary/aromatic N) is 3.